The van der Waals surface area contributed by atoms with Crippen molar-refractivity contribution in [3.8, 4) is 0 Å². The van der Waals surface area contributed by atoms with Gasteiger partial charge in [0.2, 0.25) is 5.91 Å². The smallest absolute Gasteiger partial charge is 0.318 e. The van der Waals surface area contributed by atoms with Gasteiger partial charge in [-0.1, -0.05) is 25.8 Å². The molecule has 0 aliphatic carbocycles. The molecule has 1 rings (SSSR count). The molecule has 1 aromatic rings. The summed E-state index contributed by atoms with van der Waals surface area (Å²) in [4.78, 5) is 34.7. The molecule has 1 aromatic carbocycles. The maximum atomic E-state index is 11.7. The summed E-state index contributed by atoms with van der Waals surface area (Å²) < 4.78 is 0. The van der Waals surface area contributed by atoms with E-state index in [1.807, 2.05) is 26.8 Å². The number of nitrogens with one attached hydrogen (secondary N) is 3. The van der Waals surface area contributed by atoms with Crippen LogP contribution in [0.5, 0.6) is 0 Å². The van der Waals surface area contributed by atoms with Gasteiger partial charge in [0, 0.05) is 12.1 Å². The Kier molecular flexibility index (Phi) is 7.08. The van der Waals surface area contributed by atoms with Gasteiger partial charge >= 0.3 is 11.8 Å². The van der Waals surface area contributed by atoms with Crippen molar-refractivity contribution in [2.24, 2.45) is 0 Å². The van der Waals surface area contributed by atoms with Gasteiger partial charge in [0.05, 0.1) is 0 Å². The molecule has 0 unspecified atom stereocenters. The first kappa shape index (κ1) is 17.7. The van der Waals surface area contributed by atoms with Gasteiger partial charge in [-0.3, -0.25) is 25.2 Å². The van der Waals surface area contributed by atoms with Gasteiger partial charge in [0.1, 0.15) is 0 Å². The van der Waals surface area contributed by atoms with Crippen LogP contribution in [0.25, 0.3) is 0 Å². The number of amides is 3. The number of carbonyl (C=O) groups is 3. The number of hydrazine groups is 1. The van der Waals surface area contributed by atoms with Crippen LogP contribution in [0.1, 0.15) is 43.7 Å². The predicted octanol–water partition coefficient (Wildman–Crippen LogP) is 1.97. The van der Waals surface area contributed by atoms with E-state index in [2.05, 4.69) is 16.2 Å². The molecule has 6 heteroatoms. The average molecular weight is 305 g/mol. The standard InChI is InChI=1S/C16H23N3O3/c1-4-5-6-7-14(20)18-19-16(22)15(21)17-13-9-8-11(2)12(3)10-13/h8-10H,4-7H2,1-3H3,(H,17,21)(H,18,20)(H,19,22). The van der Waals surface area contributed by atoms with Gasteiger partial charge < -0.3 is 5.32 Å². The first-order valence-corrected chi connectivity index (χ1v) is 7.41. The first-order chi connectivity index (χ1) is 10.4. The van der Waals surface area contributed by atoms with Crippen LogP contribution in [0, 0.1) is 13.8 Å². The lowest BCUT2D eigenvalue weighted by atomic mass is 10.1. The molecule has 22 heavy (non-hydrogen) atoms. The quantitative estimate of drug-likeness (QED) is 0.441. The molecule has 0 atom stereocenters. The van der Waals surface area contributed by atoms with Crippen LogP contribution in [0.4, 0.5) is 5.69 Å². The molecule has 0 bridgehead atoms. The van der Waals surface area contributed by atoms with Crippen LogP contribution in [0.15, 0.2) is 18.2 Å². The molecular formula is C16H23N3O3. The third kappa shape index (κ3) is 5.95. The Labute approximate surface area is 130 Å². The minimum Gasteiger partial charge on any atom is -0.318 e. The minimum atomic E-state index is -0.901. The maximum absolute atomic E-state index is 11.7. The van der Waals surface area contributed by atoms with Crippen molar-refractivity contribution in [3.63, 3.8) is 0 Å². The fourth-order valence-electron chi connectivity index (χ4n) is 1.79. The zero-order chi connectivity index (χ0) is 16.5. The van der Waals surface area contributed by atoms with Crippen molar-refractivity contribution in [2.75, 3.05) is 5.32 Å². The van der Waals surface area contributed by atoms with E-state index >= 15 is 0 Å². The Morgan fingerprint density at radius 2 is 1.68 bits per heavy atom. The molecule has 3 amide bonds. The van der Waals surface area contributed by atoms with Crippen LogP contribution < -0.4 is 16.2 Å². The maximum Gasteiger partial charge on any atom is 0.328 e. The zero-order valence-corrected chi connectivity index (χ0v) is 13.3. The number of hydrogen-bond donors (Lipinski definition) is 3. The molecule has 120 valence electrons. The largest absolute Gasteiger partial charge is 0.328 e. The van der Waals surface area contributed by atoms with Crippen molar-refractivity contribution in [1.29, 1.82) is 0 Å². The molecular weight excluding hydrogens is 282 g/mol. The Hall–Kier alpha value is -2.37. The van der Waals surface area contributed by atoms with Crippen LogP contribution in [-0.4, -0.2) is 17.7 Å². The fourth-order valence-corrected chi connectivity index (χ4v) is 1.79. The second-order valence-electron chi connectivity index (χ2n) is 5.21. The minimum absolute atomic E-state index is 0.305. The molecule has 0 heterocycles. The molecule has 0 saturated heterocycles. The highest BCUT2D eigenvalue weighted by atomic mass is 16.2. The SMILES string of the molecule is CCCCCC(=O)NNC(=O)C(=O)Nc1ccc(C)c(C)c1. The lowest BCUT2D eigenvalue weighted by Crippen LogP contribution is -2.46. The van der Waals surface area contributed by atoms with Gasteiger partial charge in [-0.2, -0.15) is 0 Å². The Balaban J connectivity index is 2.40. The van der Waals surface area contributed by atoms with Gasteiger partial charge in [0.25, 0.3) is 0 Å². The second kappa shape index (κ2) is 8.81. The number of benzene rings is 1. The van der Waals surface area contributed by atoms with E-state index in [-0.39, 0.29) is 5.91 Å². The van der Waals surface area contributed by atoms with E-state index in [4.69, 9.17) is 0 Å². The van der Waals surface area contributed by atoms with Gasteiger partial charge in [-0.15, -0.1) is 0 Å². The van der Waals surface area contributed by atoms with Crippen molar-refractivity contribution in [1.82, 2.24) is 10.9 Å². The van der Waals surface area contributed by atoms with Crippen LogP contribution in [-0.2, 0) is 14.4 Å². The van der Waals surface area contributed by atoms with Gasteiger partial charge in [-0.05, 0) is 43.5 Å². The molecule has 0 aliphatic rings. The highest BCUT2D eigenvalue weighted by molar-refractivity contribution is 6.39. The predicted molar refractivity (Wildman–Crippen MR) is 85.0 cm³/mol. The summed E-state index contributed by atoms with van der Waals surface area (Å²) in [7, 11) is 0. The molecule has 0 saturated carbocycles. The topological polar surface area (TPSA) is 87.3 Å². The summed E-state index contributed by atoms with van der Waals surface area (Å²) in [5.74, 6) is -2.03. The average Bonchev–Trinajstić information content (AvgIpc) is 2.48. The fraction of sp³-hybridized carbons (Fsp3) is 0.438. The number of aryl methyl sites for hydroxylation is 2. The lowest BCUT2D eigenvalue weighted by molar-refractivity contribution is -0.138. The number of anilines is 1. The van der Waals surface area contributed by atoms with Crippen molar-refractivity contribution in [2.45, 2.75) is 46.5 Å². The van der Waals surface area contributed by atoms with E-state index in [1.165, 1.54) is 0 Å². The summed E-state index contributed by atoms with van der Waals surface area (Å²) in [5.41, 5.74) is 6.99. The summed E-state index contributed by atoms with van der Waals surface area (Å²) in [5, 5.41) is 2.48. The normalized spacial score (nSPS) is 9.95. The van der Waals surface area contributed by atoms with E-state index < -0.39 is 11.8 Å². The molecule has 0 fully saturated rings. The second-order valence-corrected chi connectivity index (χ2v) is 5.21. The molecule has 0 radical (unpaired) electrons. The third-order valence-corrected chi connectivity index (χ3v) is 3.29. The molecule has 0 aliphatic heterocycles. The third-order valence-electron chi connectivity index (χ3n) is 3.29. The zero-order valence-electron chi connectivity index (χ0n) is 13.3. The Morgan fingerprint density at radius 3 is 2.32 bits per heavy atom. The first-order valence-electron chi connectivity index (χ1n) is 7.41. The van der Waals surface area contributed by atoms with Crippen molar-refractivity contribution < 1.29 is 14.4 Å². The number of unbranched alkanes of at least 4 members (excludes halogenated alkanes) is 2. The van der Waals surface area contributed by atoms with E-state index in [1.54, 1.807) is 12.1 Å². The molecule has 3 N–H and O–H groups in total. The van der Waals surface area contributed by atoms with Crippen LogP contribution in [0.3, 0.4) is 0 Å². The van der Waals surface area contributed by atoms with Gasteiger partial charge in [0.15, 0.2) is 0 Å². The highest BCUT2D eigenvalue weighted by Gasteiger charge is 2.14. The van der Waals surface area contributed by atoms with Crippen LogP contribution >= 0.6 is 0 Å². The van der Waals surface area contributed by atoms with E-state index in [0.717, 1.165) is 30.4 Å². The Bertz CT molecular complexity index is 556. The Morgan fingerprint density at radius 1 is 0.955 bits per heavy atom. The summed E-state index contributed by atoms with van der Waals surface area (Å²) in [6.45, 7) is 5.92. The number of rotatable bonds is 5. The molecule has 6 nitrogen and oxygen atoms in total. The monoisotopic (exact) mass is 305 g/mol. The molecule has 0 spiro atoms. The van der Waals surface area contributed by atoms with Gasteiger partial charge in [-0.25, -0.2) is 0 Å². The summed E-state index contributed by atoms with van der Waals surface area (Å²) >= 11 is 0. The van der Waals surface area contributed by atoms with E-state index in [9.17, 15) is 14.4 Å². The summed E-state index contributed by atoms with van der Waals surface area (Å²) in [6, 6.07) is 5.36. The number of hydrogen-bond acceptors (Lipinski definition) is 3. The molecule has 0 aromatic heterocycles. The van der Waals surface area contributed by atoms with Crippen molar-refractivity contribution >= 4 is 23.4 Å². The summed E-state index contributed by atoms with van der Waals surface area (Å²) in [6.07, 6.45) is 3.05. The highest BCUT2D eigenvalue weighted by Crippen LogP contribution is 2.13. The lowest BCUT2D eigenvalue weighted by Gasteiger charge is -2.09. The number of carbonyl (C=O) groups excluding carboxylic acids is 3. The van der Waals surface area contributed by atoms with Crippen LogP contribution in [0.2, 0.25) is 0 Å². The van der Waals surface area contributed by atoms with E-state index in [0.29, 0.717) is 12.1 Å². The van der Waals surface area contributed by atoms with Crippen molar-refractivity contribution in [3.05, 3.63) is 29.3 Å².